The molecule has 0 aliphatic carbocycles. The predicted octanol–water partition coefficient (Wildman–Crippen LogP) is 17.9. The second-order valence-corrected chi connectivity index (χ2v) is 26.8. The first-order chi connectivity index (χ1) is 42.5. The Morgan fingerprint density at radius 1 is 0.593 bits per heavy atom. The van der Waals surface area contributed by atoms with Gasteiger partial charge in [-0.3, -0.25) is 14.4 Å². The summed E-state index contributed by atoms with van der Waals surface area (Å²) < 4.78 is 15.1. The number of anilines is 2. The van der Waals surface area contributed by atoms with Crippen LogP contribution in [0.4, 0.5) is 11.4 Å². The Kier molecular flexibility index (Phi) is 27.3. The average Bonchev–Trinajstić information content (AvgIpc) is 1.67. The number of aryl methyl sites for hydroxylation is 2. The number of halogens is 9. The Morgan fingerprint density at radius 3 is 1.37 bits per heavy atom. The standard InChI is InChI=1S/C30H30Cl4N4O3.C24H27Cl2N3O4.C6H5Cl2N.C6H12ClN/c1-6-41-25-14-24-23(12-19(25)28(39)37-22-10-8-17(31)11-21(22)33)36-26(38(24)5)13-18-20(32)9-7-16(27(18)34)15-35-29(40)30(2,3)4;1-6-33-19-11-18-17(9-15(19)22(30)31)28-20(29(18)5)10-14-16(25)8-7-13(21(14)26)12-27-23(32)24(2,3)4;7-4-1-2-6(9)5(8)3-4;1-5(2)6(7)8(3)4/h7-12,14H,6,13,15H2,1-5H3,(H,35,40)(H,37,39);7-9,11H,6,10,12H2,1-5H3,(H,27,32)(H,30,31);1-3H,9H2;1-4H3. The summed E-state index contributed by atoms with van der Waals surface area (Å²) in [7, 11) is 7.57. The van der Waals surface area contributed by atoms with Crippen molar-refractivity contribution < 1.29 is 33.8 Å². The lowest BCUT2D eigenvalue weighted by atomic mass is 9.95. The number of allylic oxidation sites excluding steroid dienone is 1. The van der Waals surface area contributed by atoms with E-state index in [4.69, 9.17) is 125 Å². The molecule has 0 bridgehead atoms. The molecule has 0 saturated carbocycles. The van der Waals surface area contributed by atoms with Gasteiger partial charge in [0, 0.05) is 97.2 Å². The van der Waals surface area contributed by atoms with E-state index in [1.54, 1.807) is 85.8 Å². The van der Waals surface area contributed by atoms with Crippen molar-refractivity contribution in [2.45, 2.75) is 95.2 Å². The van der Waals surface area contributed by atoms with Crippen molar-refractivity contribution in [3.63, 3.8) is 0 Å². The fraction of sp³-hybridized carbons (Fsp3) is 0.333. The van der Waals surface area contributed by atoms with Crippen LogP contribution in [-0.2, 0) is 49.6 Å². The van der Waals surface area contributed by atoms with Crippen molar-refractivity contribution in [2.24, 2.45) is 24.9 Å². The third-order valence-corrected chi connectivity index (χ3v) is 17.1. The molecule has 0 radical (unpaired) electrons. The van der Waals surface area contributed by atoms with Crippen LogP contribution < -0.4 is 31.2 Å². The molecule has 2 heterocycles. The van der Waals surface area contributed by atoms with E-state index in [-0.39, 0.29) is 30.5 Å². The van der Waals surface area contributed by atoms with E-state index < -0.39 is 22.7 Å². The zero-order valence-corrected chi connectivity index (χ0v) is 59.7. The number of ether oxygens (including phenoxy) is 2. The molecule has 0 unspecified atom stereocenters. The lowest BCUT2D eigenvalue weighted by Gasteiger charge is -2.18. The number of benzene rings is 6. The summed E-state index contributed by atoms with van der Waals surface area (Å²) in [5, 5.41) is 22.8. The third kappa shape index (κ3) is 20.3. The maximum absolute atomic E-state index is 13.3. The predicted molar refractivity (Wildman–Crippen MR) is 375 cm³/mol. The monoisotopic (exact) mass is 1420 g/mol. The first-order valence-corrected chi connectivity index (χ1v) is 31.8. The second-order valence-electron chi connectivity index (χ2n) is 23.2. The van der Waals surface area contributed by atoms with Gasteiger partial charge in [-0.1, -0.05) is 158 Å². The fourth-order valence-electron chi connectivity index (χ4n) is 8.56. The minimum atomic E-state index is -1.08. The SMILES string of the molecule is CC(C)=C(Cl)N(C)C.CCOc1cc2c(cc1C(=O)Nc1ccc(Cl)cc1Cl)nc(Cc1c(Cl)ccc(CNC(=O)C(C)(C)C)c1Cl)n2C.CCOc1cc2c(cc1C(=O)O)nc(Cc1c(Cl)ccc(CNC(=O)C(C)(C)C)c1Cl)n2C.Nc1ccc(Cl)cc1Cl. The van der Waals surface area contributed by atoms with Gasteiger partial charge in [0.1, 0.15) is 33.9 Å². The lowest BCUT2D eigenvalue weighted by molar-refractivity contribution is -0.129. The summed E-state index contributed by atoms with van der Waals surface area (Å²) in [6.45, 7) is 20.0. The number of nitrogens with zero attached hydrogens (tertiary/aromatic N) is 5. The highest BCUT2D eigenvalue weighted by atomic mass is 35.5. The number of fused-ring (bicyclic) bond motifs is 2. The summed E-state index contributed by atoms with van der Waals surface area (Å²) in [4.78, 5) is 60.9. The van der Waals surface area contributed by atoms with Gasteiger partial charge in [0.15, 0.2) is 0 Å². The number of aromatic nitrogens is 4. The van der Waals surface area contributed by atoms with Gasteiger partial charge in [0.25, 0.3) is 5.91 Å². The number of carbonyl (C=O) groups excluding carboxylic acids is 3. The first-order valence-electron chi connectivity index (χ1n) is 28.4. The van der Waals surface area contributed by atoms with Gasteiger partial charge in [-0.15, -0.1) is 0 Å². The smallest absolute Gasteiger partial charge is 0.339 e. The molecule has 8 rings (SSSR count). The number of amides is 3. The van der Waals surface area contributed by atoms with Gasteiger partial charge < -0.3 is 50.3 Å². The van der Waals surface area contributed by atoms with Crippen molar-refractivity contribution >= 4 is 162 Å². The minimum absolute atomic E-state index is 0.0571. The number of hydrogen-bond acceptors (Lipinski definition) is 10. The molecule has 8 aromatic rings. The highest BCUT2D eigenvalue weighted by molar-refractivity contribution is 6.38. The number of nitrogens with one attached hydrogen (secondary N) is 3. The van der Waals surface area contributed by atoms with E-state index in [0.29, 0.717) is 128 Å². The molecule has 0 fully saturated rings. The quantitative estimate of drug-likeness (QED) is 0.0454. The van der Waals surface area contributed by atoms with Crippen LogP contribution in [0.5, 0.6) is 11.5 Å². The van der Waals surface area contributed by atoms with Crippen LogP contribution in [0.25, 0.3) is 22.1 Å². The van der Waals surface area contributed by atoms with Crippen LogP contribution in [0, 0.1) is 10.8 Å². The number of imidazole rings is 2. The molecule has 0 atom stereocenters. The fourth-order valence-corrected chi connectivity index (χ4v) is 10.6. The van der Waals surface area contributed by atoms with Gasteiger partial charge in [-0.05, 0) is 116 Å². The Morgan fingerprint density at radius 2 is 1.01 bits per heavy atom. The van der Waals surface area contributed by atoms with Crippen molar-refractivity contribution in [2.75, 3.05) is 38.4 Å². The van der Waals surface area contributed by atoms with Crippen LogP contribution in [0.3, 0.4) is 0 Å². The number of carboxylic acid groups (broad SMARTS) is 1. The highest BCUT2D eigenvalue weighted by Crippen LogP contribution is 2.36. The van der Waals surface area contributed by atoms with E-state index in [1.165, 1.54) is 6.07 Å². The molecule has 0 saturated heterocycles. The lowest BCUT2D eigenvalue weighted by Crippen LogP contribution is -2.34. The molecular formula is C66H74Cl9N9O7. The maximum atomic E-state index is 13.3. The molecule has 6 aromatic carbocycles. The number of nitrogen functional groups attached to an aromatic ring is 1. The zero-order valence-electron chi connectivity index (χ0n) is 52.9. The maximum Gasteiger partial charge on any atom is 0.339 e. The van der Waals surface area contributed by atoms with Crippen LogP contribution in [0.1, 0.15) is 124 Å². The molecule has 0 spiro atoms. The Hall–Kier alpha value is -6.31. The second kappa shape index (κ2) is 33.0. The van der Waals surface area contributed by atoms with Gasteiger partial charge >= 0.3 is 5.97 Å². The number of carboxylic acids is 1. The van der Waals surface area contributed by atoms with Crippen molar-refractivity contribution in [1.29, 1.82) is 0 Å². The number of nitrogens with two attached hydrogens (primary N) is 1. The van der Waals surface area contributed by atoms with E-state index in [2.05, 4.69) is 20.9 Å². The average molecular weight is 1420 g/mol. The highest BCUT2D eigenvalue weighted by Gasteiger charge is 2.26. The minimum Gasteiger partial charge on any atom is -0.493 e. The van der Waals surface area contributed by atoms with Gasteiger partial charge in [-0.25, -0.2) is 14.8 Å². The molecule has 6 N–H and O–H groups in total. The van der Waals surface area contributed by atoms with Gasteiger partial charge in [0.2, 0.25) is 11.8 Å². The summed E-state index contributed by atoms with van der Waals surface area (Å²) >= 11 is 55.7. The van der Waals surface area contributed by atoms with Crippen molar-refractivity contribution in [3.05, 3.63) is 181 Å². The molecule has 0 aliphatic heterocycles. The normalized spacial score (nSPS) is 11.1. The molecular weight excluding hydrogens is 1350 g/mol. The van der Waals surface area contributed by atoms with Crippen LogP contribution in [0.2, 0.25) is 40.2 Å². The largest absolute Gasteiger partial charge is 0.493 e. The van der Waals surface area contributed by atoms with E-state index in [0.717, 1.165) is 32.9 Å². The summed E-state index contributed by atoms with van der Waals surface area (Å²) in [6, 6.07) is 23.6. The van der Waals surface area contributed by atoms with E-state index in [9.17, 15) is 24.3 Å². The van der Waals surface area contributed by atoms with Gasteiger partial charge in [0.05, 0.1) is 72.3 Å². The number of hydrogen-bond donors (Lipinski definition) is 5. The van der Waals surface area contributed by atoms with Crippen LogP contribution >= 0.6 is 104 Å². The summed E-state index contributed by atoms with van der Waals surface area (Å²) in [5.41, 5.74) is 12.4. The van der Waals surface area contributed by atoms with Crippen LogP contribution in [0.15, 0.2) is 95.7 Å². The molecule has 25 heteroatoms. The first kappa shape index (κ1) is 75.4. The van der Waals surface area contributed by atoms with E-state index in [1.807, 2.05) is 105 Å². The molecule has 3 amide bonds. The molecule has 488 valence electrons. The molecule has 0 aliphatic rings. The van der Waals surface area contributed by atoms with Crippen molar-refractivity contribution in [3.8, 4) is 11.5 Å². The van der Waals surface area contributed by atoms with E-state index >= 15 is 0 Å². The van der Waals surface area contributed by atoms with Crippen molar-refractivity contribution in [1.82, 2.24) is 34.6 Å². The summed E-state index contributed by atoms with van der Waals surface area (Å²) in [5.74, 6) is 0.402. The molecule has 16 nitrogen and oxygen atoms in total. The number of aromatic carboxylic acids is 1. The van der Waals surface area contributed by atoms with Gasteiger partial charge in [-0.2, -0.15) is 0 Å². The van der Waals surface area contributed by atoms with Crippen LogP contribution in [-0.4, -0.2) is 80.1 Å². The molecule has 2 aromatic heterocycles. The number of carbonyl (C=O) groups is 4. The third-order valence-electron chi connectivity index (χ3n) is 13.6. The molecule has 91 heavy (non-hydrogen) atoms. The Balaban J connectivity index is 0.000000266. The zero-order chi connectivity index (χ0) is 68.1. The summed E-state index contributed by atoms with van der Waals surface area (Å²) in [6.07, 6.45) is 0.659. The Labute approximate surface area is 576 Å². The topological polar surface area (TPSA) is 208 Å². The Bertz CT molecular complexity index is 4020. The number of rotatable bonds is 16.